The number of nitrogens with zero attached hydrogens (tertiary/aromatic N) is 4. The Balaban J connectivity index is 1.08. The molecule has 56 heavy (non-hydrogen) atoms. The van der Waals surface area contributed by atoms with Crippen LogP contribution in [0.5, 0.6) is 0 Å². The molecule has 6 heteroatoms. The van der Waals surface area contributed by atoms with E-state index in [0.29, 0.717) is 22.3 Å². The smallest absolute Gasteiger partial charge is 0.0998 e. The van der Waals surface area contributed by atoms with E-state index in [-0.39, 0.29) is 0 Å². The minimum atomic E-state index is 0.475. The van der Waals surface area contributed by atoms with Gasteiger partial charge >= 0.3 is 0 Å². The summed E-state index contributed by atoms with van der Waals surface area (Å²) >= 11 is 0. The number of nitriles is 2. The molecule has 0 bridgehead atoms. The van der Waals surface area contributed by atoms with E-state index in [2.05, 4.69) is 48.5 Å². The van der Waals surface area contributed by atoms with Gasteiger partial charge in [-0.3, -0.25) is 9.68 Å². The summed E-state index contributed by atoms with van der Waals surface area (Å²) in [6.45, 7) is 0. The Kier molecular flexibility index (Phi) is 11.6. The summed E-state index contributed by atoms with van der Waals surface area (Å²) in [7, 11) is 3.31. The molecule has 0 saturated heterocycles. The van der Waals surface area contributed by atoms with Crippen molar-refractivity contribution in [3.05, 3.63) is 203 Å². The van der Waals surface area contributed by atoms with Crippen LogP contribution in [-0.4, -0.2) is 14.2 Å². The first kappa shape index (κ1) is 36.9. The average Bonchev–Trinajstić information content (AvgIpc) is 3.27. The molecule has 7 aromatic carbocycles. The third-order valence-corrected chi connectivity index (χ3v) is 9.41. The van der Waals surface area contributed by atoms with Gasteiger partial charge in [-0.05, 0) is 81.9 Å². The molecule has 6 nitrogen and oxygen atoms in total. The molecule has 0 radical (unpaired) electrons. The molecule has 0 atom stereocenters. The summed E-state index contributed by atoms with van der Waals surface area (Å²) in [6, 6.07) is 60.8. The van der Waals surface area contributed by atoms with Crippen LogP contribution >= 0.6 is 0 Å². The minimum Gasteiger partial charge on any atom is -0.272 e. The summed E-state index contributed by atoms with van der Waals surface area (Å²) in [6.07, 6.45) is 7.62. The van der Waals surface area contributed by atoms with Crippen LogP contribution in [-0.2, 0) is 9.68 Å². The van der Waals surface area contributed by atoms with Gasteiger partial charge in [0, 0.05) is 11.1 Å². The lowest BCUT2D eigenvalue weighted by atomic mass is 9.97. The van der Waals surface area contributed by atoms with E-state index in [9.17, 15) is 10.5 Å². The molecular weight excluding hydrogens is 689 g/mol. The lowest BCUT2D eigenvalue weighted by Gasteiger charge is -2.24. The predicted molar refractivity (Wildman–Crippen MR) is 229 cm³/mol. The molecular formula is C50H38N4O2. The standard InChI is InChI=1S/C50H38N4O2/c1-55-53(49-19-11-9-17-47(49)39-13-5-3-6-14-39)45-29-23-37(24-30-45)21-27-41-33-44(36-52)42(34-43(41)35-51)28-22-38-25-31-46(32-26-38)54(56-2)50-20-12-10-18-48(50)40-15-7-4-8-16-40/h3-34H,1-2H3. The zero-order chi connectivity index (χ0) is 38.7. The zero-order valence-corrected chi connectivity index (χ0v) is 31.1. The van der Waals surface area contributed by atoms with E-state index in [1.165, 1.54) is 0 Å². The van der Waals surface area contributed by atoms with E-state index >= 15 is 0 Å². The van der Waals surface area contributed by atoms with Crippen LogP contribution in [0.15, 0.2) is 170 Å². The molecule has 0 heterocycles. The molecule has 7 rings (SSSR count). The molecule has 0 aliphatic rings. The first-order valence-electron chi connectivity index (χ1n) is 18.1. The fourth-order valence-corrected chi connectivity index (χ4v) is 6.63. The monoisotopic (exact) mass is 726 g/mol. The van der Waals surface area contributed by atoms with E-state index < -0.39 is 0 Å². The predicted octanol–water partition coefficient (Wildman–Crippen LogP) is 12.5. The van der Waals surface area contributed by atoms with E-state index in [1.807, 2.05) is 156 Å². The van der Waals surface area contributed by atoms with Gasteiger partial charge in [0.05, 0.1) is 60.2 Å². The number of anilines is 4. The van der Waals surface area contributed by atoms with Crippen molar-refractivity contribution in [2.45, 2.75) is 0 Å². The summed E-state index contributed by atoms with van der Waals surface area (Å²) in [5, 5.41) is 23.8. The Labute approximate surface area is 328 Å². The molecule has 0 aliphatic carbocycles. The summed E-state index contributed by atoms with van der Waals surface area (Å²) in [5.74, 6) is 0. The fourth-order valence-electron chi connectivity index (χ4n) is 6.63. The van der Waals surface area contributed by atoms with E-state index in [1.54, 1.807) is 26.4 Å². The number of hydrogen-bond acceptors (Lipinski definition) is 6. The zero-order valence-electron chi connectivity index (χ0n) is 31.1. The number of hydrogen-bond donors (Lipinski definition) is 0. The van der Waals surface area contributed by atoms with Crippen molar-refractivity contribution in [2.24, 2.45) is 0 Å². The first-order valence-corrected chi connectivity index (χ1v) is 18.1. The first-order chi connectivity index (χ1) is 27.6. The Hall–Kier alpha value is -7.48. The number of benzene rings is 7. The molecule has 0 fully saturated rings. The molecule has 0 aliphatic heterocycles. The second-order valence-electron chi connectivity index (χ2n) is 12.8. The summed E-state index contributed by atoms with van der Waals surface area (Å²) in [5.41, 5.74) is 12.1. The summed E-state index contributed by atoms with van der Waals surface area (Å²) in [4.78, 5) is 11.7. The van der Waals surface area contributed by atoms with Gasteiger partial charge in [-0.1, -0.05) is 146 Å². The van der Waals surface area contributed by atoms with Crippen molar-refractivity contribution in [3.8, 4) is 34.4 Å². The minimum absolute atomic E-state index is 0.475. The van der Waals surface area contributed by atoms with Gasteiger partial charge in [-0.15, -0.1) is 0 Å². The Morgan fingerprint density at radius 2 is 0.786 bits per heavy atom. The lowest BCUT2D eigenvalue weighted by molar-refractivity contribution is 0.202. The van der Waals surface area contributed by atoms with Gasteiger partial charge < -0.3 is 0 Å². The Morgan fingerprint density at radius 3 is 1.14 bits per heavy atom. The van der Waals surface area contributed by atoms with Crippen LogP contribution in [0.1, 0.15) is 33.4 Å². The van der Waals surface area contributed by atoms with Crippen molar-refractivity contribution in [1.82, 2.24) is 0 Å². The third kappa shape index (κ3) is 8.19. The van der Waals surface area contributed by atoms with Gasteiger partial charge in [0.15, 0.2) is 0 Å². The summed E-state index contributed by atoms with van der Waals surface area (Å²) < 4.78 is 0. The van der Waals surface area contributed by atoms with Crippen LogP contribution in [0, 0.1) is 22.7 Å². The fraction of sp³-hybridized carbons (Fsp3) is 0.0400. The molecule has 270 valence electrons. The maximum atomic E-state index is 10.1. The molecule has 0 N–H and O–H groups in total. The molecule has 0 amide bonds. The SMILES string of the molecule is CON(c1ccc(C=Cc2cc(C#N)c(C=Cc3ccc(N(OC)c4ccccc4-c4ccccc4)cc3)cc2C#N)cc1)c1ccccc1-c1ccccc1. The average molecular weight is 727 g/mol. The third-order valence-electron chi connectivity index (χ3n) is 9.41. The highest BCUT2D eigenvalue weighted by molar-refractivity contribution is 5.84. The van der Waals surface area contributed by atoms with Crippen LogP contribution in [0.3, 0.4) is 0 Å². The molecule has 7 aromatic rings. The molecule has 0 unspecified atom stereocenters. The van der Waals surface area contributed by atoms with Crippen molar-refractivity contribution >= 4 is 47.1 Å². The van der Waals surface area contributed by atoms with Crippen molar-refractivity contribution < 1.29 is 9.68 Å². The Morgan fingerprint density at radius 1 is 0.429 bits per heavy atom. The quantitative estimate of drug-likeness (QED) is 0.0922. The van der Waals surface area contributed by atoms with E-state index in [4.69, 9.17) is 9.68 Å². The van der Waals surface area contributed by atoms with Gasteiger partial charge in [-0.2, -0.15) is 10.5 Å². The highest BCUT2D eigenvalue weighted by Gasteiger charge is 2.16. The topological polar surface area (TPSA) is 72.5 Å². The highest BCUT2D eigenvalue weighted by atomic mass is 16.7. The number of para-hydroxylation sites is 2. The van der Waals surface area contributed by atoms with E-state index in [0.717, 1.165) is 56.1 Å². The van der Waals surface area contributed by atoms with Gasteiger partial charge in [0.2, 0.25) is 0 Å². The number of rotatable bonds is 12. The van der Waals surface area contributed by atoms with Crippen molar-refractivity contribution in [2.75, 3.05) is 24.3 Å². The second-order valence-corrected chi connectivity index (χ2v) is 12.8. The van der Waals surface area contributed by atoms with Gasteiger partial charge in [-0.25, -0.2) is 10.1 Å². The molecule has 0 aromatic heterocycles. The van der Waals surface area contributed by atoms with Crippen molar-refractivity contribution in [1.29, 1.82) is 10.5 Å². The van der Waals surface area contributed by atoms with Crippen LogP contribution in [0.2, 0.25) is 0 Å². The lowest BCUT2D eigenvalue weighted by Crippen LogP contribution is -2.15. The molecule has 0 saturated carbocycles. The van der Waals surface area contributed by atoms with Crippen LogP contribution < -0.4 is 10.1 Å². The second kappa shape index (κ2) is 17.6. The van der Waals surface area contributed by atoms with Gasteiger partial charge in [0.25, 0.3) is 0 Å². The van der Waals surface area contributed by atoms with Gasteiger partial charge in [0.1, 0.15) is 0 Å². The largest absolute Gasteiger partial charge is 0.272 e. The molecule has 0 spiro atoms. The normalized spacial score (nSPS) is 11.0. The van der Waals surface area contributed by atoms with Crippen LogP contribution in [0.4, 0.5) is 22.7 Å². The van der Waals surface area contributed by atoms with Crippen molar-refractivity contribution in [3.63, 3.8) is 0 Å². The maximum Gasteiger partial charge on any atom is 0.0998 e. The highest BCUT2D eigenvalue weighted by Crippen LogP contribution is 2.37. The van der Waals surface area contributed by atoms with Crippen LogP contribution in [0.25, 0.3) is 46.6 Å². The maximum absolute atomic E-state index is 10.1. The Bertz CT molecular complexity index is 2390.